The molecule has 2 aromatic rings. The number of carbonyl (C=O) groups is 1. The van der Waals surface area contributed by atoms with E-state index in [0.717, 1.165) is 37.3 Å². The van der Waals surface area contributed by atoms with E-state index in [0.29, 0.717) is 0 Å². The minimum Gasteiger partial charge on any atom is -0.344 e. The molecule has 0 spiro atoms. The normalized spacial score (nSPS) is 16.7. The molecule has 0 saturated carbocycles. The van der Waals surface area contributed by atoms with Gasteiger partial charge in [-0.3, -0.25) is 14.7 Å². The number of carbonyl (C=O) groups excluding carboxylic acids is 1. The quantitative estimate of drug-likeness (QED) is 0.842. The summed E-state index contributed by atoms with van der Waals surface area (Å²) in [6.07, 6.45) is 7.82. The van der Waals surface area contributed by atoms with Crippen LogP contribution in [0.1, 0.15) is 66.7 Å². The molecule has 4 heteroatoms. The van der Waals surface area contributed by atoms with Crippen LogP contribution < -0.4 is 5.32 Å². The second-order valence-electron chi connectivity index (χ2n) is 7.08. The highest BCUT2D eigenvalue weighted by Crippen LogP contribution is 2.17. The summed E-state index contributed by atoms with van der Waals surface area (Å²) in [6.45, 7) is 5.32. The second-order valence-corrected chi connectivity index (χ2v) is 7.08. The minimum absolute atomic E-state index is 0.0276. The maximum atomic E-state index is 12.7. The highest BCUT2D eigenvalue weighted by atomic mass is 16.1. The third kappa shape index (κ3) is 5.15. The van der Waals surface area contributed by atoms with Crippen LogP contribution in [0.2, 0.25) is 0 Å². The highest BCUT2D eigenvalue weighted by Gasteiger charge is 2.16. The number of amides is 1. The van der Waals surface area contributed by atoms with E-state index >= 15 is 0 Å². The fourth-order valence-corrected chi connectivity index (χ4v) is 3.57. The fraction of sp³-hybridized carbons (Fsp3) is 0.455. The predicted octanol–water partition coefficient (Wildman–Crippen LogP) is 4.34. The Balaban J connectivity index is 1.65. The van der Waals surface area contributed by atoms with Gasteiger partial charge in [-0.15, -0.1) is 0 Å². The number of hydrogen-bond donors (Lipinski definition) is 1. The van der Waals surface area contributed by atoms with Crippen LogP contribution in [0.3, 0.4) is 0 Å². The molecule has 0 radical (unpaired) electrons. The van der Waals surface area contributed by atoms with Crippen molar-refractivity contribution in [1.29, 1.82) is 0 Å². The number of pyridine rings is 1. The van der Waals surface area contributed by atoms with Crippen LogP contribution in [0, 0.1) is 0 Å². The van der Waals surface area contributed by atoms with Gasteiger partial charge in [0.25, 0.3) is 5.91 Å². The van der Waals surface area contributed by atoms with E-state index in [1.165, 1.54) is 31.2 Å². The van der Waals surface area contributed by atoms with Crippen molar-refractivity contribution in [3.05, 3.63) is 65.5 Å². The van der Waals surface area contributed by atoms with E-state index in [-0.39, 0.29) is 11.9 Å². The summed E-state index contributed by atoms with van der Waals surface area (Å²) in [7, 11) is 0. The Hall–Kier alpha value is -2.20. The van der Waals surface area contributed by atoms with Gasteiger partial charge in [0.15, 0.2) is 0 Å². The number of benzene rings is 1. The molecule has 0 bridgehead atoms. The molecule has 1 aliphatic heterocycles. The largest absolute Gasteiger partial charge is 0.344 e. The van der Waals surface area contributed by atoms with Crippen molar-refractivity contribution in [1.82, 2.24) is 15.2 Å². The molecule has 1 fully saturated rings. The van der Waals surface area contributed by atoms with E-state index in [2.05, 4.69) is 28.2 Å². The monoisotopic (exact) mass is 351 g/mol. The molecule has 2 heterocycles. The van der Waals surface area contributed by atoms with Crippen LogP contribution in [-0.4, -0.2) is 28.9 Å². The van der Waals surface area contributed by atoms with E-state index < -0.39 is 0 Å². The molecule has 1 unspecified atom stereocenters. The smallest absolute Gasteiger partial charge is 0.251 e. The molecular weight excluding hydrogens is 322 g/mol. The first-order valence-electron chi connectivity index (χ1n) is 9.79. The molecule has 1 aromatic heterocycles. The Morgan fingerprint density at radius 2 is 1.92 bits per heavy atom. The lowest BCUT2D eigenvalue weighted by atomic mass is 10.1. The highest BCUT2D eigenvalue weighted by molar-refractivity contribution is 5.94. The zero-order valence-electron chi connectivity index (χ0n) is 15.7. The lowest BCUT2D eigenvalue weighted by Gasteiger charge is -2.20. The lowest BCUT2D eigenvalue weighted by Crippen LogP contribution is -2.29. The van der Waals surface area contributed by atoms with Gasteiger partial charge >= 0.3 is 0 Å². The Morgan fingerprint density at radius 1 is 1.12 bits per heavy atom. The summed E-state index contributed by atoms with van der Waals surface area (Å²) in [5, 5.41) is 3.13. The Morgan fingerprint density at radius 3 is 2.62 bits per heavy atom. The molecular formula is C22H29N3O. The average molecular weight is 351 g/mol. The minimum atomic E-state index is -0.0574. The first-order valence-corrected chi connectivity index (χ1v) is 9.79. The summed E-state index contributed by atoms with van der Waals surface area (Å²) < 4.78 is 0. The van der Waals surface area contributed by atoms with Crippen LogP contribution in [0.25, 0.3) is 0 Å². The topological polar surface area (TPSA) is 45.2 Å². The van der Waals surface area contributed by atoms with Crippen LogP contribution in [0.4, 0.5) is 0 Å². The van der Waals surface area contributed by atoms with Crippen LogP contribution in [0.15, 0.2) is 48.7 Å². The molecule has 1 N–H and O–H groups in total. The van der Waals surface area contributed by atoms with Gasteiger partial charge in [-0.25, -0.2) is 0 Å². The number of hydrogen-bond acceptors (Lipinski definition) is 3. The lowest BCUT2D eigenvalue weighted by molar-refractivity contribution is 0.0934. The van der Waals surface area contributed by atoms with Gasteiger partial charge in [0.05, 0.1) is 11.7 Å². The average Bonchev–Trinajstić information content (AvgIpc) is 2.95. The Bertz CT molecular complexity index is 694. The van der Waals surface area contributed by atoms with Gasteiger partial charge in [0.2, 0.25) is 0 Å². The molecule has 3 rings (SSSR count). The molecule has 1 aromatic carbocycles. The molecule has 138 valence electrons. The van der Waals surface area contributed by atoms with Gasteiger partial charge in [0.1, 0.15) is 0 Å². The van der Waals surface area contributed by atoms with Crippen molar-refractivity contribution < 1.29 is 4.79 Å². The first kappa shape index (κ1) is 18.6. The van der Waals surface area contributed by atoms with Gasteiger partial charge < -0.3 is 5.32 Å². The maximum absolute atomic E-state index is 12.7. The Labute approximate surface area is 156 Å². The SMILES string of the molecule is CCC(NC(=O)c1cccc(CN2CCCCCC2)c1)c1ccccn1. The van der Waals surface area contributed by atoms with Crippen molar-refractivity contribution in [2.45, 2.75) is 51.6 Å². The predicted molar refractivity (Wildman–Crippen MR) is 105 cm³/mol. The molecule has 26 heavy (non-hydrogen) atoms. The van der Waals surface area contributed by atoms with Crippen molar-refractivity contribution in [3.8, 4) is 0 Å². The summed E-state index contributed by atoms with van der Waals surface area (Å²) in [4.78, 5) is 19.6. The standard InChI is InChI=1S/C22H29N3O/c1-2-20(21-12-5-6-13-23-21)24-22(26)19-11-9-10-18(16-19)17-25-14-7-3-4-8-15-25/h5-6,9-13,16,20H,2-4,7-8,14-15,17H2,1H3,(H,24,26). The number of likely N-dealkylation sites (tertiary alicyclic amines) is 1. The number of aromatic nitrogens is 1. The molecule has 0 aliphatic carbocycles. The van der Waals surface area contributed by atoms with Crippen molar-refractivity contribution in [3.63, 3.8) is 0 Å². The fourth-order valence-electron chi connectivity index (χ4n) is 3.57. The Kier molecular flexibility index (Phi) is 6.78. The molecule has 1 atom stereocenters. The van der Waals surface area contributed by atoms with Crippen LogP contribution in [-0.2, 0) is 6.54 Å². The molecule has 4 nitrogen and oxygen atoms in total. The summed E-state index contributed by atoms with van der Waals surface area (Å²) in [5.74, 6) is -0.0276. The van der Waals surface area contributed by atoms with E-state index in [1.807, 2.05) is 36.4 Å². The van der Waals surface area contributed by atoms with Gasteiger partial charge in [0, 0.05) is 18.3 Å². The number of rotatable bonds is 6. The maximum Gasteiger partial charge on any atom is 0.251 e. The number of nitrogens with zero attached hydrogens (tertiary/aromatic N) is 2. The first-order chi connectivity index (χ1) is 12.8. The second kappa shape index (κ2) is 9.48. The van der Waals surface area contributed by atoms with Crippen molar-refractivity contribution in [2.24, 2.45) is 0 Å². The van der Waals surface area contributed by atoms with Gasteiger partial charge in [-0.1, -0.05) is 38.0 Å². The zero-order chi connectivity index (χ0) is 18.2. The third-order valence-corrected chi connectivity index (χ3v) is 5.05. The van der Waals surface area contributed by atoms with E-state index in [4.69, 9.17) is 0 Å². The van der Waals surface area contributed by atoms with Crippen LogP contribution in [0.5, 0.6) is 0 Å². The molecule has 1 amide bonds. The summed E-state index contributed by atoms with van der Waals surface area (Å²) >= 11 is 0. The van der Waals surface area contributed by atoms with Gasteiger partial charge in [-0.2, -0.15) is 0 Å². The van der Waals surface area contributed by atoms with E-state index in [1.54, 1.807) is 6.20 Å². The van der Waals surface area contributed by atoms with Crippen molar-refractivity contribution in [2.75, 3.05) is 13.1 Å². The number of nitrogens with one attached hydrogen (secondary N) is 1. The third-order valence-electron chi connectivity index (χ3n) is 5.05. The van der Waals surface area contributed by atoms with E-state index in [9.17, 15) is 4.79 Å². The van der Waals surface area contributed by atoms with Gasteiger partial charge in [-0.05, 0) is 62.2 Å². The zero-order valence-corrected chi connectivity index (χ0v) is 15.7. The molecule has 1 saturated heterocycles. The molecule has 1 aliphatic rings. The summed E-state index contributed by atoms with van der Waals surface area (Å²) in [6, 6.07) is 13.8. The van der Waals surface area contributed by atoms with Crippen molar-refractivity contribution >= 4 is 5.91 Å². The van der Waals surface area contributed by atoms with Crippen LogP contribution >= 0.6 is 0 Å². The summed E-state index contributed by atoms with van der Waals surface area (Å²) in [5.41, 5.74) is 2.85.